The highest BCUT2D eigenvalue weighted by Gasteiger charge is 2.43. The maximum absolute atomic E-state index is 11.7. The molecule has 0 saturated carbocycles. The minimum absolute atomic E-state index is 0.191. The maximum atomic E-state index is 11.7. The fraction of sp³-hybridized carbons (Fsp3) is 0.462. The monoisotopic (exact) mass is 269 g/mol. The Hall–Kier alpha value is -1.26. The minimum atomic E-state index is -0.541. The number of ether oxygens (including phenoxy) is 1. The summed E-state index contributed by atoms with van der Waals surface area (Å²) in [5.41, 5.74) is 1.43. The third kappa shape index (κ3) is 1.95. The van der Waals surface area contributed by atoms with Crippen molar-refractivity contribution in [2.45, 2.75) is 31.8 Å². The first-order valence-corrected chi connectivity index (χ1v) is 6.07. The van der Waals surface area contributed by atoms with Crippen LogP contribution < -0.4 is 0 Å². The first-order valence-electron chi connectivity index (χ1n) is 5.73. The summed E-state index contributed by atoms with van der Waals surface area (Å²) < 4.78 is 6.27. The Balaban J connectivity index is 2.50. The zero-order valence-electron chi connectivity index (χ0n) is 10.6. The van der Waals surface area contributed by atoms with E-state index in [9.17, 15) is 9.90 Å². The van der Waals surface area contributed by atoms with Gasteiger partial charge >= 0.3 is 5.97 Å². The number of aromatic hydroxyl groups is 1. The molecule has 1 heterocycles. The average molecular weight is 270 g/mol. The van der Waals surface area contributed by atoms with Gasteiger partial charge in [-0.25, -0.2) is 0 Å². The van der Waals surface area contributed by atoms with Gasteiger partial charge in [-0.2, -0.15) is 4.42 Å². The van der Waals surface area contributed by atoms with Gasteiger partial charge in [-0.05, 0) is 48.9 Å². The predicted molar refractivity (Wildman–Crippen MR) is 68.3 cm³/mol. The van der Waals surface area contributed by atoms with Crippen LogP contribution in [0.3, 0.4) is 0 Å². The number of esters is 1. The van der Waals surface area contributed by atoms with Crippen LogP contribution in [0.2, 0.25) is 0 Å². The van der Waals surface area contributed by atoms with E-state index in [1.54, 1.807) is 12.1 Å². The molecule has 1 N–H and O–H groups in total. The molecule has 0 radical (unpaired) electrons. The molecule has 1 aliphatic heterocycles. The second kappa shape index (κ2) is 4.44. The summed E-state index contributed by atoms with van der Waals surface area (Å²) in [5.74, 6) is -0.178. The summed E-state index contributed by atoms with van der Waals surface area (Å²) in [4.78, 5) is 11.7. The lowest BCUT2D eigenvalue weighted by Crippen LogP contribution is -2.51. The van der Waals surface area contributed by atoms with Crippen LogP contribution in [0.1, 0.15) is 25.0 Å². The predicted octanol–water partition coefficient (Wildman–Crippen LogP) is 2.18. The van der Waals surface area contributed by atoms with Gasteiger partial charge in [0.05, 0.1) is 12.6 Å². The zero-order chi connectivity index (χ0) is 13.5. The fourth-order valence-corrected chi connectivity index (χ4v) is 2.69. The molecule has 0 amide bonds. The molecule has 1 aliphatic rings. The van der Waals surface area contributed by atoms with Crippen molar-refractivity contribution < 1.29 is 14.6 Å². The quantitative estimate of drug-likeness (QED) is 0.627. The summed E-state index contributed by atoms with van der Waals surface area (Å²) >= 11 is 6.29. The third-order valence-corrected chi connectivity index (χ3v) is 4.10. The van der Waals surface area contributed by atoms with Gasteiger partial charge in [0.15, 0.2) is 0 Å². The van der Waals surface area contributed by atoms with Crippen LogP contribution in [-0.4, -0.2) is 28.6 Å². The van der Waals surface area contributed by atoms with Crippen molar-refractivity contribution in [2.75, 3.05) is 7.11 Å². The van der Waals surface area contributed by atoms with Crippen LogP contribution in [0, 0.1) is 0 Å². The first-order chi connectivity index (χ1) is 8.37. The third-order valence-electron chi connectivity index (χ3n) is 3.44. The van der Waals surface area contributed by atoms with Crippen LogP contribution >= 0.6 is 11.8 Å². The molecular weight excluding hydrogens is 254 g/mol. The van der Waals surface area contributed by atoms with Crippen LogP contribution in [0.25, 0.3) is 0 Å². The van der Waals surface area contributed by atoms with Gasteiger partial charge < -0.3 is 9.84 Å². The van der Waals surface area contributed by atoms with E-state index in [1.165, 1.54) is 11.5 Å². The molecule has 5 heteroatoms. The number of hydrogen-bond donors (Lipinski definition) is 1. The van der Waals surface area contributed by atoms with Crippen molar-refractivity contribution in [1.29, 1.82) is 0 Å². The Morgan fingerprint density at radius 1 is 1.56 bits per heavy atom. The van der Waals surface area contributed by atoms with Crippen molar-refractivity contribution >= 4 is 17.7 Å². The van der Waals surface area contributed by atoms with E-state index in [4.69, 9.17) is 16.5 Å². The number of benzene rings is 1. The molecule has 98 valence electrons. The van der Waals surface area contributed by atoms with Gasteiger partial charge in [0.25, 0.3) is 0 Å². The number of phenols is 1. The molecule has 0 fully saturated rings. The lowest BCUT2D eigenvalue weighted by atomic mass is 9.82. The highest BCUT2D eigenvalue weighted by Crippen LogP contribution is 2.40. The molecule has 0 spiro atoms. The Kier molecular flexibility index (Phi) is 3.25. The highest BCUT2D eigenvalue weighted by molar-refractivity contribution is 6.15. The summed E-state index contributed by atoms with van der Waals surface area (Å²) in [7, 11) is 1.35. The van der Waals surface area contributed by atoms with E-state index in [-0.39, 0.29) is 11.7 Å². The van der Waals surface area contributed by atoms with Crippen molar-refractivity contribution in [1.82, 2.24) is 4.42 Å². The summed E-state index contributed by atoms with van der Waals surface area (Å²) in [5, 5.41) is 9.54. The molecule has 1 aromatic carbocycles. The fourth-order valence-electron chi connectivity index (χ4n) is 2.45. The van der Waals surface area contributed by atoms with Crippen molar-refractivity contribution in [2.24, 2.45) is 0 Å². The molecule has 1 aromatic rings. The van der Waals surface area contributed by atoms with Gasteiger partial charge in [-0.3, -0.25) is 4.79 Å². The van der Waals surface area contributed by atoms with E-state index in [0.717, 1.165) is 11.1 Å². The lowest BCUT2D eigenvalue weighted by Gasteiger charge is -2.43. The molecule has 0 bridgehead atoms. The Morgan fingerprint density at radius 2 is 2.22 bits per heavy atom. The van der Waals surface area contributed by atoms with Crippen LogP contribution in [-0.2, 0) is 21.5 Å². The molecule has 2 rings (SSSR count). The van der Waals surface area contributed by atoms with E-state index in [2.05, 4.69) is 0 Å². The summed E-state index contributed by atoms with van der Waals surface area (Å²) in [6, 6.07) is 4.61. The first kappa shape index (κ1) is 13.2. The van der Waals surface area contributed by atoms with Crippen LogP contribution in [0.15, 0.2) is 18.2 Å². The molecule has 1 atom stereocenters. The number of carbonyl (C=O) groups excluding carboxylic acids is 1. The smallest absolute Gasteiger partial charge is 0.324 e. The normalized spacial score (nSPS) is 22.3. The molecular formula is C13H16ClNO3. The van der Waals surface area contributed by atoms with Gasteiger partial charge in [0.2, 0.25) is 0 Å². The molecule has 0 aromatic heterocycles. The summed E-state index contributed by atoms with van der Waals surface area (Å²) in [6.07, 6.45) is 0.434. The minimum Gasteiger partial charge on any atom is -0.508 e. The standard InChI is InChI=1S/C13H16ClNO3/c1-13(2)10-5-4-9(16)6-8(10)7-11(15(13)14)12(17)18-3/h4-6,11,16H,7H2,1-3H3. The number of phenolic OH excluding ortho intramolecular Hbond substituents is 1. The average Bonchev–Trinajstić information content (AvgIpc) is 2.32. The SMILES string of the molecule is COC(=O)C1Cc2cc(O)ccc2C(C)(C)N1Cl. The number of fused-ring (bicyclic) bond motifs is 1. The second-order valence-corrected chi connectivity index (χ2v) is 5.32. The molecule has 4 nitrogen and oxygen atoms in total. The van der Waals surface area contributed by atoms with Gasteiger partial charge in [-0.15, -0.1) is 0 Å². The van der Waals surface area contributed by atoms with E-state index >= 15 is 0 Å². The number of rotatable bonds is 1. The van der Waals surface area contributed by atoms with E-state index in [1.807, 2.05) is 19.9 Å². The number of nitrogens with zero attached hydrogens (tertiary/aromatic N) is 1. The molecule has 0 saturated heterocycles. The topological polar surface area (TPSA) is 49.8 Å². The van der Waals surface area contributed by atoms with Crippen molar-refractivity contribution in [3.63, 3.8) is 0 Å². The summed E-state index contributed by atoms with van der Waals surface area (Å²) in [6.45, 7) is 3.87. The van der Waals surface area contributed by atoms with E-state index < -0.39 is 11.6 Å². The van der Waals surface area contributed by atoms with Crippen LogP contribution in [0.4, 0.5) is 0 Å². The number of methoxy groups -OCH3 is 1. The molecule has 0 aliphatic carbocycles. The van der Waals surface area contributed by atoms with Gasteiger partial charge in [0.1, 0.15) is 11.8 Å². The Bertz CT molecular complexity index is 487. The van der Waals surface area contributed by atoms with Crippen molar-refractivity contribution in [3.8, 4) is 5.75 Å². The lowest BCUT2D eigenvalue weighted by molar-refractivity contribution is -0.147. The second-order valence-electron chi connectivity index (χ2n) is 4.95. The molecule has 18 heavy (non-hydrogen) atoms. The molecule has 1 unspecified atom stereocenters. The Labute approximate surface area is 111 Å². The van der Waals surface area contributed by atoms with Gasteiger partial charge in [0, 0.05) is 6.42 Å². The number of halogens is 1. The number of hydrogen-bond acceptors (Lipinski definition) is 4. The largest absolute Gasteiger partial charge is 0.508 e. The van der Waals surface area contributed by atoms with Crippen molar-refractivity contribution in [3.05, 3.63) is 29.3 Å². The number of carbonyl (C=O) groups is 1. The van der Waals surface area contributed by atoms with Crippen LogP contribution in [0.5, 0.6) is 5.75 Å². The Morgan fingerprint density at radius 3 is 2.83 bits per heavy atom. The van der Waals surface area contributed by atoms with E-state index in [0.29, 0.717) is 6.42 Å². The zero-order valence-corrected chi connectivity index (χ0v) is 11.4. The highest BCUT2D eigenvalue weighted by atomic mass is 35.5. The maximum Gasteiger partial charge on any atom is 0.324 e. The van der Waals surface area contributed by atoms with Gasteiger partial charge in [-0.1, -0.05) is 6.07 Å².